The summed E-state index contributed by atoms with van der Waals surface area (Å²) >= 11 is 3.52. The molecule has 4 heteroatoms. The number of rotatable bonds is 3. The molecule has 1 unspecified atom stereocenters. The molecule has 1 N–H and O–H groups in total. The topological polar surface area (TPSA) is 32.7 Å². The minimum absolute atomic E-state index is 0.491. The third-order valence-corrected chi connectivity index (χ3v) is 4.40. The van der Waals surface area contributed by atoms with Gasteiger partial charge in [0.25, 0.3) is 0 Å². The first-order valence-electron chi connectivity index (χ1n) is 6.77. The molecule has 1 fully saturated rings. The van der Waals surface area contributed by atoms with Crippen LogP contribution in [0, 0.1) is 0 Å². The van der Waals surface area contributed by atoms with Crippen molar-refractivity contribution in [2.45, 2.75) is 38.3 Å². The van der Waals surface area contributed by atoms with Gasteiger partial charge in [0.1, 0.15) is 5.75 Å². The van der Waals surface area contributed by atoms with Crippen LogP contribution >= 0.6 is 15.9 Å². The minimum Gasteiger partial charge on any atom is -0.496 e. The van der Waals surface area contributed by atoms with Crippen LogP contribution in [0.3, 0.4) is 0 Å². The molecule has 0 aromatic heterocycles. The first-order valence-corrected chi connectivity index (χ1v) is 7.57. The van der Waals surface area contributed by atoms with Crippen molar-refractivity contribution in [3.05, 3.63) is 28.2 Å². The molecule has 1 atom stereocenters. The number of likely N-dealkylation sites (tertiary alicyclic amines) is 1. The predicted octanol–water partition coefficient (Wildman–Crippen LogP) is 3.19. The Bertz CT molecular complexity index is 434. The maximum atomic E-state index is 10.1. The van der Waals surface area contributed by atoms with Gasteiger partial charge in [-0.15, -0.1) is 0 Å². The second-order valence-electron chi connectivity index (χ2n) is 5.60. The van der Waals surface area contributed by atoms with Crippen LogP contribution in [-0.2, 0) is 6.54 Å². The van der Waals surface area contributed by atoms with Gasteiger partial charge in [-0.3, -0.25) is 4.90 Å². The van der Waals surface area contributed by atoms with E-state index in [0.717, 1.165) is 49.1 Å². The summed E-state index contributed by atoms with van der Waals surface area (Å²) in [4.78, 5) is 2.41. The number of hydrogen-bond acceptors (Lipinski definition) is 3. The summed E-state index contributed by atoms with van der Waals surface area (Å²) in [6.45, 7) is 4.88. The summed E-state index contributed by atoms with van der Waals surface area (Å²) in [6, 6.07) is 6.21. The molecule has 1 heterocycles. The Kier molecular flexibility index (Phi) is 4.87. The number of hydrogen-bond donors (Lipinski definition) is 1. The van der Waals surface area contributed by atoms with Gasteiger partial charge >= 0.3 is 0 Å². The molecule has 0 spiro atoms. The van der Waals surface area contributed by atoms with Crippen molar-refractivity contribution < 1.29 is 9.84 Å². The monoisotopic (exact) mass is 327 g/mol. The lowest BCUT2D eigenvalue weighted by Gasteiger charge is -2.22. The quantitative estimate of drug-likeness (QED) is 0.925. The number of benzene rings is 1. The fourth-order valence-electron chi connectivity index (χ4n) is 2.54. The van der Waals surface area contributed by atoms with E-state index >= 15 is 0 Å². The van der Waals surface area contributed by atoms with E-state index < -0.39 is 5.60 Å². The van der Waals surface area contributed by atoms with Crippen LogP contribution in [0.2, 0.25) is 0 Å². The van der Waals surface area contributed by atoms with Crippen LogP contribution in [-0.4, -0.2) is 35.8 Å². The van der Waals surface area contributed by atoms with Crippen LogP contribution in [0.25, 0.3) is 0 Å². The molecule has 0 bridgehead atoms. The van der Waals surface area contributed by atoms with Crippen LogP contribution in [0.5, 0.6) is 5.75 Å². The number of nitrogens with zero attached hydrogens (tertiary/aromatic N) is 1. The Morgan fingerprint density at radius 2 is 2.16 bits per heavy atom. The van der Waals surface area contributed by atoms with Crippen LogP contribution in [0.15, 0.2) is 22.7 Å². The normalized spacial score (nSPS) is 25.1. The lowest BCUT2D eigenvalue weighted by atomic mass is 9.98. The molecule has 0 saturated carbocycles. The zero-order valence-corrected chi connectivity index (χ0v) is 13.2. The van der Waals surface area contributed by atoms with Gasteiger partial charge in [0.15, 0.2) is 0 Å². The number of aliphatic hydroxyl groups is 1. The van der Waals surface area contributed by atoms with Gasteiger partial charge in [-0.25, -0.2) is 0 Å². The maximum Gasteiger partial charge on any atom is 0.133 e. The highest BCUT2D eigenvalue weighted by molar-refractivity contribution is 9.10. The lowest BCUT2D eigenvalue weighted by Crippen LogP contribution is -2.28. The molecule has 106 valence electrons. The molecular weight excluding hydrogens is 306 g/mol. The molecule has 1 aromatic rings. The SMILES string of the molecule is COc1ccc(CN2CCCC(C)(O)CC2)cc1Br. The molecule has 19 heavy (non-hydrogen) atoms. The molecule has 0 aliphatic carbocycles. The highest BCUT2D eigenvalue weighted by atomic mass is 79.9. The summed E-state index contributed by atoms with van der Waals surface area (Å²) in [5.74, 6) is 0.863. The molecule has 2 rings (SSSR count). The molecular formula is C15H22BrNO2. The zero-order valence-electron chi connectivity index (χ0n) is 11.7. The van der Waals surface area contributed by atoms with Crippen molar-refractivity contribution >= 4 is 15.9 Å². The van der Waals surface area contributed by atoms with E-state index in [1.807, 2.05) is 13.0 Å². The largest absolute Gasteiger partial charge is 0.496 e. The van der Waals surface area contributed by atoms with Crippen LogP contribution < -0.4 is 4.74 Å². The highest BCUT2D eigenvalue weighted by Crippen LogP contribution is 2.27. The fraction of sp³-hybridized carbons (Fsp3) is 0.600. The number of methoxy groups -OCH3 is 1. The predicted molar refractivity (Wildman–Crippen MR) is 80.4 cm³/mol. The Labute approximate surface area is 123 Å². The van der Waals surface area contributed by atoms with Gasteiger partial charge in [0, 0.05) is 13.1 Å². The Morgan fingerprint density at radius 3 is 2.84 bits per heavy atom. The summed E-state index contributed by atoms with van der Waals surface area (Å²) in [5, 5.41) is 10.1. The highest BCUT2D eigenvalue weighted by Gasteiger charge is 2.24. The van der Waals surface area contributed by atoms with Crippen molar-refractivity contribution in [2.75, 3.05) is 20.2 Å². The first kappa shape index (κ1) is 14.8. The van der Waals surface area contributed by atoms with Gasteiger partial charge in [-0.2, -0.15) is 0 Å². The Hall–Kier alpha value is -0.580. The van der Waals surface area contributed by atoms with Gasteiger partial charge < -0.3 is 9.84 Å². The van der Waals surface area contributed by atoms with E-state index in [-0.39, 0.29) is 0 Å². The first-order chi connectivity index (χ1) is 9.00. The van der Waals surface area contributed by atoms with Crippen molar-refractivity contribution in [1.29, 1.82) is 0 Å². The van der Waals surface area contributed by atoms with Crippen molar-refractivity contribution in [1.82, 2.24) is 4.90 Å². The second kappa shape index (κ2) is 6.25. The lowest BCUT2D eigenvalue weighted by molar-refractivity contribution is 0.0444. The van der Waals surface area contributed by atoms with Crippen molar-refractivity contribution in [3.63, 3.8) is 0 Å². The second-order valence-corrected chi connectivity index (χ2v) is 6.45. The van der Waals surface area contributed by atoms with Gasteiger partial charge in [0.2, 0.25) is 0 Å². The molecule has 3 nitrogen and oxygen atoms in total. The summed E-state index contributed by atoms with van der Waals surface area (Å²) in [7, 11) is 1.68. The van der Waals surface area contributed by atoms with Gasteiger partial charge in [-0.1, -0.05) is 6.07 Å². The average molecular weight is 328 g/mol. The van der Waals surface area contributed by atoms with E-state index in [4.69, 9.17) is 4.74 Å². The zero-order chi connectivity index (χ0) is 13.9. The van der Waals surface area contributed by atoms with Crippen molar-refractivity contribution in [3.8, 4) is 5.75 Å². The number of halogens is 1. The van der Waals surface area contributed by atoms with E-state index in [1.165, 1.54) is 5.56 Å². The molecule has 1 saturated heterocycles. The molecule has 0 radical (unpaired) electrons. The Balaban J connectivity index is 1.99. The van der Waals surface area contributed by atoms with E-state index in [1.54, 1.807) is 7.11 Å². The van der Waals surface area contributed by atoms with Crippen molar-refractivity contribution in [2.24, 2.45) is 0 Å². The molecule has 1 aliphatic rings. The van der Waals surface area contributed by atoms with Crippen LogP contribution in [0.1, 0.15) is 31.7 Å². The van der Waals surface area contributed by atoms with Crippen LogP contribution in [0.4, 0.5) is 0 Å². The summed E-state index contributed by atoms with van der Waals surface area (Å²) in [6.07, 6.45) is 2.81. The van der Waals surface area contributed by atoms with E-state index in [9.17, 15) is 5.11 Å². The van der Waals surface area contributed by atoms with Gasteiger partial charge in [0.05, 0.1) is 17.2 Å². The molecule has 1 aromatic carbocycles. The number of ether oxygens (including phenoxy) is 1. The minimum atomic E-state index is -0.491. The van der Waals surface area contributed by atoms with Gasteiger partial charge in [-0.05, 0) is 66.4 Å². The maximum absolute atomic E-state index is 10.1. The molecule has 0 amide bonds. The average Bonchev–Trinajstić information content (AvgIpc) is 2.51. The summed E-state index contributed by atoms with van der Waals surface area (Å²) < 4.78 is 6.24. The Morgan fingerprint density at radius 1 is 1.37 bits per heavy atom. The van der Waals surface area contributed by atoms with E-state index in [2.05, 4.69) is 33.0 Å². The third kappa shape index (κ3) is 4.20. The fourth-order valence-corrected chi connectivity index (χ4v) is 3.13. The third-order valence-electron chi connectivity index (χ3n) is 3.78. The standard InChI is InChI=1S/C15H22BrNO2/c1-15(18)6-3-8-17(9-7-15)11-12-4-5-14(19-2)13(16)10-12/h4-5,10,18H,3,6-9,11H2,1-2H3. The van der Waals surface area contributed by atoms with E-state index in [0.29, 0.717) is 0 Å². The smallest absolute Gasteiger partial charge is 0.133 e. The summed E-state index contributed by atoms with van der Waals surface area (Å²) in [5.41, 5.74) is 0.782. The molecule has 1 aliphatic heterocycles.